The zero-order valence-corrected chi connectivity index (χ0v) is 18.5. The predicted molar refractivity (Wildman–Crippen MR) is 124 cm³/mol. The van der Waals surface area contributed by atoms with Crippen molar-refractivity contribution in [3.63, 3.8) is 0 Å². The van der Waals surface area contributed by atoms with Gasteiger partial charge < -0.3 is 9.47 Å². The van der Waals surface area contributed by atoms with E-state index in [1.165, 1.54) is 13.3 Å². The highest BCUT2D eigenvalue weighted by atomic mass is 32.2. The quantitative estimate of drug-likeness (QED) is 0.396. The van der Waals surface area contributed by atoms with Crippen molar-refractivity contribution in [3.05, 3.63) is 84.4 Å². The van der Waals surface area contributed by atoms with Crippen LogP contribution in [-0.2, 0) is 14.8 Å². The third-order valence-corrected chi connectivity index (χ3v) is 5.46. The van der Waals surface area contributed by atoms with Crippen molar-refractivity contribution >= 4 is 27.8 Å². The maximum atomic E-state index is 12.3. The van der Waals surface area contributed by atoms with Crippen LogP contribution in [0.1, 0.15) is 5.56 Å². The summed E-state index contributed by atoms with van der Waals surface area (Å²) in [5, 5.41) is 3.89. The van der Waals surface area contributed by atoms with Crippen LogP contribution in [0.3, 0.4) is 0 Å². The highest BCUT2D eigenvalue weighted by Gasteiger charge is 2.20. The molecular weight excluding hydrogens is 430 g/mol. The third-order valence-electron chi connectivity index (χ3n) is 4.32. The molecule has 0 aliphatic rings. The summed E-state index contributed by atoms with van der Waals surface area (Å²) < 4.78 is 36.5. The molecule has 0 saturated carbocycles. The summed E-state index contributed by atoms with van der Waals surface area (Å²) in [6.07, 6.45) is 2.46. The van der Waals surface area contributed by atoms with Gasteiger partial charge in [-0.25, -0.2) is 13.8 Å². The number of rotatable bonds is 9. The van der Waals surface area contributed by atoms with Gasteiger partial charge in [0.15, 0.2) is 0 Å². The Morgan fingerprint density at radius 1 is 0.969 bits per heavy atom. The molecule has 1 N–H and O–H groups in total. The zero-order valence-electron chi connectivity index (χ0n) is 17.6. The first-order valence-corrected chi connectivity index (χ1v) is 11.5. The molecular formula is C23H23N3O5S. The van der Waals surface area contributed by atoms with Gasteiger partial charge in [-0.1, -0.05) is 30.3 Å². The molecule has 0 heterocycles. The number of nitrogens with zero attached hydrogens (tertiary/aromatic N) is 2. The summed E-state index contributed by atoms with van der Waals surface area (Å²) >= 11 is 0. The number of nitrogens with one attached hydrogen (secondary N) is 1. The van der Waals surface area contributed by atoms with Gasteiger partial charge in [-0.3, -0.25) is 9.10 Å². The van der Waals surface area contributed by atoms with Gasteiger partial charge in [0.1, 0.15) is 23.8 Å². The first kappa shape index (κ1) is 22.8. The van der Waals surface area contributed by atoms with Gasteiger partial charge in [-0.15, -0.1) is 0 Å². The summed E-state index contributed by atoms with van der Waals surface area (Å²) in [5.41, 5.74) is 3.34. The van der Waals surface area contributed by atoms with E-state index in [1.807, 2.05) is 42.5 Å². The molecule has 3 aromatic carbocycles. The second-order valence-electron chi connectivity index (χ2n) is 6.71. The zero-order chi connectivity index (χ0) is 23.0. The Kier molecular flexibility index (Phi) is 7.45. The van der Waals surface area contributed by atoms with Crippen LogP contribution in [0.25, 0.3) is 0 Å². The average molecular weight is 454 g/mol. The molecule has 0 fully saturated rings. The Hall–Kier alpha value is -3.85. The Morgan fingerprint density at radius 3 is 2.25 bits per heavy atom. The molecule has 8 nitrogen and oxygen atoms in total. The number of para-hydroxylation sites is 2. The fourth-order valence-corrected chi connectivity index (χ4v) is 3.67. The highest BCUT2D eigenvalue weighted by molar-refractivity contribution is 7.92. The third kappa shape index (κ3) is 6.32. The molecule has 32 heavy (non-hydrogen) atoms. The number of carbonyl (C=O) groups excluding carboxylic acids is 1. The normalized spacial score (nSPS) is 11.2. The number of carbonyl (C=O) groups is 1. The maximum absolute atomic E-state index is 12.3. The Labute approximate surface area is 187 Å². The van der Waals surface area contributed by atoms with Gasteiger partial charge in [0.25, 0.3) is 5.91 Å². The number of sulfonamides is 1. The largest absolute Gasteiger partial charge is 0.496 e. The van der Waals surface area contributed by atoms with E-state index in [-0.39, 0.29) is 0 Å². The lowest BCUT2D eigenvalue weighted by Gasteiger charge is -2.21. The van der Waals surface area contributed by atoms with Crippen LogP contribution in [0.2, 0.25) is 0 Å². The van der Waals surface area contributed by atoms with E-state index < -0.39 is 22.5 Å². The van der Waals surface area contributed by atoms with E-state index in [2.05, 4.69) is 10.5 Å². The van der Waals surface area contributed by atoms with Crippen molar-refractivity contribution in [1.29, 1.82) is 0 Å². The van der Waals surface area contributed by atoms with E-state index in [1.54, 1.807) is 36.4 Å². The van der Waals surface area contributed by atoms with Crippen molar-refractivity contribution in [2.45, 2.75) is 0 Å². The Balaban J connectivity index is 1.67. The second kappa shape index (κ2) is 10.5. The van der Waals surface area contributed by atoms with Gasteiger partial charge in [0.05, 0.1) is 25.3 Å². The average Bonchev–Trinajstić information content (AvgIpc) is 2.78. The number of ether oxygens (including phenoxy) is 2. The number of methoxy groups -OCH3 is 1. The number of amides is 1. The van der Waals surface area contributed by atoms with Crippen LogP contribution in [0.15, 0.2) is 84.0 Å². The van der Waals surface area contributed by atoms with Crippen LogP contribution < -0.4 is 19.2 Å². The minimum Gasteiger partial charge on any atom is -0.496 e. The molecule has 0 radical (unpaired) electrons. The SMILES string of the molecule is COc1ccccc1/C=N/NC(=O)CN(c1ccc(Oc2ccccc2)cc1)S(C)(=O)=O. The number of hydrazone groups is 1. The van der Waals surface area contributed by atoms with Crippen LogP contribution in [0.4, 0.5) is 5.69 Å². The summed E-state index contributed by atoms with van der Waals surface area (Å²) in [6.45, 7) is -0.430. The van der Waals surface area contributed by atoms with Crippen molar-refractivity contribution in [2.24, 2.45) is 5.10 Å². The molecule has 0 saturated heterocycles. The topological polar surface area (TPSA) is 97.3 Å². The molecule has 166 valence electrons. The molecule has 3 rings (SSSR count). The van der Waals surface area contributed by atoms with Crippen molar-refractivity contribution < 1.29 is 22.7 Å². The van der Waals surface area contributed by atoms with Gasteiger partial charge in [0.2, 0.25) is 10.0 Å². The highest BCUT2D eigenvalue weighted by Crippen LogP contribution is 2.25. The molecule has 3 aromatic rings. The molecule has 0 bridgehead atoms. The van der Waals surface area contributed by atoms with Crippen LogP contribution in [0.5, 0.6) is 17.2 Å². The van der Waals surface area contributed by atoms with Crippen molar-refractivity contribution in [1.82, 2.24) is 5.43 Å². The molecule has 0 aliphatic carbocycles. The lowest BCUT2D eigenvalue weighted by Crippen LogP contribution is -2.39. The van der Waals surface area contributed by atoms with Crippen LogP contribution in [-0.4, -0.2) is 40.4 Å². The van der Waals surface area contributed by atoms with Gasteiger partial charge in [-0.2, -0.15) is 5.10 Å². The molecule has 1 amide bonds. The smallest absolute Gasteiger partial charge is 0.260 e. The number of hydrogen-bond donors (Lipinski definition) is 1. The summed E-state index contributed by atoms with van der Waals surface area (Å²) in [5.74, 6) is 1.21. The lowest BCUT2D eigenvalue weighted by atomic mass is 10.2. The van der Waals surface area contributed by atoms with Gasteiger partial charge >= 0.3 is 0 Å². The molecule has 0 aromatic heterocycles. The lowest BCUT2D eigenvalue weighted by molar-refractivity contribution is -0.119. The fourth-order valence-electron chi connectivity index (χ4n) is 2.82. The summed E-state index contributed by atoms with van der Waals surface area (Å²) in [4.78, 5) is 12.3. The fraction of sp³-hybridized carbons (Fsp3) is 0.130. The number of anilines is 1. The number of benzene rings is 3. The van der Waals surface area contributed by atoms with Crippen molar-refractivity contribution in [3.8, 4) is 17.2 Å². The van der Waals surface area contributed by atoms with Crippen molar-refractivity contribution in [2.75, 3.05) is 24.2 Å². The van der Waals surface area contributed by atoms with Crippen LogP contribution >= 0.6 is 0 Å². The molecule has 0 aliphatic heterocycles. The minimum absolute atomic E-state index is 0.330. The van der Waals surface area contributed by atoms with E-state index >= 15 is 0 Å². The van der Waals surface area contributed by atoms with E-state index in [9.17, 15) is 13.2 Å². The van der Waals surface area contributed by atoms with Gasteiger partial charge in [-0.05, 0) is 48.5 Å². The van der Waals surface area contributed by atoms with Crippen LogP contribution in [0, 0.1) is 0 Å². The Morgan fingerprint density at radius 2 is 1.59 bits per heavy atom. The summed E-state index contributed by atoms with van der Waals surface area (Å²) in [6, 6.07) is 22.8. The Bertz CT molecular complexity index is 1180. The molecule has 0 atom stereocenters. The molecule has 9 heteroatoms. The number of hydrogen-bond acceptors (Lipinski definition) is 6. The maximum Gasteiger partial charge on any atom is 0.260 e. The van der Waals surface area contributed by atoms with Gasteiger partial charge in [0, 0.05) is 5.56 Å². The standard InChI is InChI=1S/C23H23N3O5S/c1-30-22-11-7-6-8-18(22)16-24-25-23(27)17-26(32(2,28)29)19-12-14-21(15-13-19)31-20-9-4-3-5-10-20/h3-16H,17H2,1-2H3,(H,25,27)/b24-16+. The van der Waals surface area contributed by atoms with E-state index in [4.69, 9.17) is 9.47 Å². The minimum atomic E-state index is -3.71. The van der Waals surface area contributed by atoms with E-state index in [0.717, 1.165) is 10.6 Å². The summed E-state index contributed by atoms with van der Waals surface area (Å²) in [7, 11) is -2.18. The van der Waals surface area contributed by atoms with E-state index in [0.29, 0.717) is 28.5 Å². The molecule has 0 spiro atoms. The predicted octanol–water partition coefficient (Wildman–Crippen LogP) is 3.40. The monoisotopic (exact) mass is 453 g/mol. The first-order chi connectivity index (χ1) is 15.4. The first-order valence-electron chi connectivity index (χ1n) is 9.62. The molecule has 0 unspecified atom stereocenters. The second-order valence-corrected chi connectivity index (χ2v) is 8.62.